The summed E-state index contributed by atoms with van der Waals surface area (Å²) in [6, 6.07) is 6.08. The normalized spacial score (nSPS) is 19.1. The van der Waals surface area contributed by atoms with Gasteiger partial charge in [0.15, 0.2) is 11.5 Å². The Labute approximate surface area is 121 Å². The zero-order valence-electron chi connectivity index (χ0n) is 12.9. The lowest BCUT2D eigenvalue weighted by Crippen LogP contribution is -2.35. The summed E-state index contributed by atoms with van der Waals surface area (Å²) in [5.41, 5.74) is 1.29. The Bertz CT molecular complexity index is 434. The number of ether oxygens (including phenoxy) is 3. The van der Waals surface area contributed by atoms with Gasteiger partial charge in [-0.3, -0.25) is 0 Å². The molecule has 0 radical (unpaired) electrons. The van der Waals surface area contributed by atoms with Gasteiger partial charge in [-0.2, -0.15) is 0 Å². The highest BCUT2D eigenvalue weighted by Crippen LogP contribution is 2.30. The minimum absolute atomic E-state index is 0.0975. The SMILES string of the molecule is COc1ccc(CNC(C)(C)C)cc1OC1CCOC1. The molecule has 1 aliphatic heterocycles. The Morgan fingerprint density at radius 3 is 2.70 bits per heavy atom. The van der Waals surface area contributed by atoms with Gasteiger partial charge in [-0.25, -0.2) is 0 Å². The van der Waals surface area contributed by atoms with Crippen LogP contribution in [0.25, 0.3) is 0 Å². The average molecular weight is 279 g/mol. The van der Waals surface area contributed by atoms with Crippen LogP contribution in [0.2, 0.25) is 0 Å². The van der Waals surface area contributed by atoms with Gasteiger partial charge in [-0.15, -0.1) is 0 Å². The molecule has 112 valence electrons. The fourth-order valence-corrected chi connectivity index (χ4v) is 2.08. The highest BCUT2D eigenvalue weighted by atomic mass is 16.6. The summed E-state index contributed by atoms with van der Waals surface area (Å²) < 4.78 is 16.7. The van der Waals surface area contributed by atoms with Gasteiger partial charge < -0.3 is 19.5 Å². The fourth-order valence-electron chi connectivity index (χ4n) is 2.08. The monoisotopic (exact) mass is 279 g/mol. The van der Waals surface area contributed by atoms with Crippen molar-refractivity contribution >= 4 is 0 Å². The molecule has 1 aromatic carbocycles. The van der Waals surface area contributed by atoms with E-state index in [-0.39, 0.29) is 11.6 Å². The summed E-state index contributed by atoms with van der Waals surface area (Å²) >= 11 is 0. The Morgan fingerprint density at radius 1 is 1.30 bits per heavy atom. The van der Waals surface area contributed by atoms with E-state index in [4.69, 9.17) is 14.2 Å². The molecule has 4 nitrogen and oxygen atoms in total. The van der Waals surface area contributed by atoms with Crippen LogP contribution in [0.4, 0.5) is 0 Å². The van der Waals surface area contributed by atoms with Crippen molar-refractivity contribution < 1.29 is 14.2 Å². The first-order valence-electron chi connectivity index (χ1n) is 7.14. The molecule has 0 spiro atoms. The molecule has 1 saturated heterocycles. The third-order valence-electron chi connectivity index (χ3n) is 3.23. The molecule has 0 bridgehead atoms. The summed E-state index contributed by atoms with van der Waals surface area (Å²) in [5.74, 6) is 1.58. The van der Waals surface area contributed by atoms with Crippen molar-refractivity contribution in [3.05, 3.63) is 23.8 Å². The molecule has 1 aliphatic rings. The Hall–Kier alpha value is -1.26. The van der Waals surface area contributed by atoms with Gasteiger partial charge in [0.2, 0.25) is 0 Å². The lowest BCUT2D eigenvalue weighted by atomic mass is 10.1. The number of hydrogen-bond donors (Lipinski definition) is 1. The zero-order valence-corrected chi connectivity index (χ0v) is 12.9. The molecule has 1 unspecified atom stereocenters. The van der Waals surface area contributed by atoms with Gasteiger partial charge in [0.25, 0.3) is 0 Å². The van der Waals surface area contributed by atoms with Crippen LogP contribution in [0, 0.1) is 0 Å². The van der Waals surface area contributed by atoms with Crippen molar-refractivity contribution in [3.63, 3.8) is 0 Å². The van der Waals surface area contributed by atoms with E-state index in [0.29, 0.717) is 6.61 Å². The van der Waals surface area contributed by atoms with E-state index < -0.39 is 0 Å². The molecule has 4 heteroatoms. The molecule has 2 rings (SSSR count). The van der Waals surface area contributed by atoms with E-state index in [1.165, 1.54) is 5.56 Å². The Kier molecular flexibility index (Phi) is 4.89. The fraction of sp³-hybridized carbons (Fsp3) is 0.625. The van der Waals surface area contributed by atoms with Gasteiger partial charge in [0, 0.05) is 18.5 Å². The maximum absolute atomic E-state index is 5.99. The Morgan fingerprint density at radius 2 is 2.10 bits per heavy atom. The van der Waals surface area contributed by atoms with Gasteiger partial charge >= 0.3 is 0 Å². The largest absolute Gasteiger partial charge is 0.493 e. The van der Waals surface area contributed by atoms with E-state index in [2.05, 4.69) is 38.2 Å². The second-order valence-electron chi connectivity index (χ2n) is 6.19. The minimum Gasteiger partial charge on any atom is -0.493 e. The summed E-state index contributed by atoms with van der Waals surface area (Å²) in [6.45, 7) is 8.72. The number of methoxy groups -OCH3 is 1. The summed E-state index contributed by atoms with van der Waals surface area (Å²) in [7, 11) is 1.67. The molecule has 1 fully saturated rings. The summed E-state index contributed by atoms with van der Waals surface area (Å²) in [6.07, 6.45) is 1.07. The summed E-state index contributed by atoms with van der Waals surface area (Å²) in [5, 5.41) is 3.48. The van der Waals surface area contributed by atoms with Crippen LogP contribution in [-0.2, 0) is 11.3 Å². The highest BCUT2D eigenvalue weighted by molar-refractivity contribution is 5.43. The Balaban J connectivity index is 2.07. The number of rotatable bonds is 5. The molecule has 0 saturated carbocycles. The molecule has 1 aromatic rings. The molecular weight excluding hydrogens is 254 g/mol. The van der Waals surface area contributed by atoms with E-state index in [1.54, 1.807) is 7.11 Å². The standard InChI is InChI=1S/C16H25NO3/c1-16(2,3)17-10-12-5-6-14(18-4)15(9-12)20-13-7-8-19-11-13/h5-6,9,13,17H,7-8,10-11H2,1-4H3. The lowest BCUT2D eigenvalue weighted by molar-refractivity contribution is 0.138. The van der Waals surface area contributed by atoms with E-state index in [0.717, 1.165) is 31.1 Å². The first-order valence-corrected chi connectivity index (χ1v) is 7.14. The van der Waals surface area contributed by atoms with E-state index in [9.17, 15) is 0 Å². The van der Waals surface area contributed by atoms with Crippen molar-refractivity contribution in [2.75, 3.05) is 20.3 Å². The second kappa shape index (κ2) is 6.46. The first-order chi connectivity index (χ1) is 9.48. The van der Waals surface area contributed by atoms with Crippen molar-refractivity contribution in [1.29, 1.82) is 0 Å². The molecule has 0 aliphatic carbocycles. The van der Waals surface area contributed by atoms with E-state index in [1.807, 2.05) is 6.07 Å². The van der Waals surface area contributed by atoms with Gasteiger partial charge in [-0.05, 0) is 38.5 Å². The van der Waals surface area contributed by atoms with Crippen LogP contribution in [-0.4, -0.2) is 32.0 Å². The van der Waals surface area contributed by atoms with Gasteiger partial charge in [0.05, 0.1) is 20.3 Å². The van der Waals surface area contributed by atoms with E-state index >= 15 is 0 Å². The van der Waals surface area contributed by atoms with Crippen LogP contribution in [0.15, 0.2) is 18.2 Å². The quantitative estimate of drug-likeness (QED) is 0.899. The number of hydrogen-bond acceptors (Lipinski definition) is 4. The van der Waals surface area contributed by atoms with Crippen LogP contribution in [0.1, 0.15) is 32.8 Å². The lowest BCUT2D eigenvalue weighted by Gasteiger charge is -2.21. The molecule has 1 heterocycles. The smallest absolute Gasteiger partial charge is 0.162 e. The average Bonchev–Trinajstić information content (AvgIpc) is 2.89. The van der Waals surface area contributed by atoms with Crippen LogP contribution in [0.3, 0.4) is 0 Å². The van der Waals surface area contributed by atoms with Crippen molar-refractivity contribution in [1.82, 2.24) is 5.32 Å². The number of nitrogens with one attached hydrogen (secondary N) is 1. The molecule has 1 N–H and O–H groups in total. The minimum atomic E-state index is 0.0975. The predicted molar refractivity (Wildman–Crippen MR) is 79.4 cm³/mol. The van der Waals surface area contributed by atoms with Crippen molar-refractivity contribution in [2.24, 2.45) is 0 Å². The van der Waals surface area contributed by atoms with Gasteiger partial charge in [-0.1, -0.05) is 6.07 Å². The molecule has 1 atom stereocenters. The predicted octanol–water partition coefficient (Wildman–Crippen LogP) is 2.75. The first kappa shape index (κ1) is 15.1. The second-order valence-corrected chi connectivity index (χ2v) is 6.19. The van der Waals surface area contributed by atoms with Crippen LogP contribution in [0.5, 0.6) is 11.5 Å². The number of benzene rings is 1. The van der Waals surface area contributed by atoms with Crippen LogP contribution >= 0.6 is 0 Å². The van der Waals surface area contributed by atoms with Crippen molar-refractivity contribution in [2.45, 2.75) is 45.4 Å². The topological polar surface area (TPSA) is 39.7 Å². The molecule has 0 aromatic heterocycles. The maximum atomic E-state index is 5.99. The maximum Gasteiger partial charge on any atom is 0.162 e. The summed E-state index contributed by atoms with van der Waals surface area (Å²) in [4.78, 5) is 0. The van der Waals surface area contributed by atoms with Crippen LogP contribution < -0.4 is 14.8 Å². The van der Waals surface area contributed by atoms with Gasteiger partial charge in [0.1, 0.15) is 6.10 Å². The zero-order chi connectivity index (χ0) is 14.6. The highest BCUT2D eigenvalue weighted by Gasteiger charge is 2.19. The molecule has 0 amide bonds. The third kappa shape index (κ3) is 4.39. The van der Waals surface area contributed by atoms with Crippen molar-refractivity contribution in [3.8, 4) is 11.5 Å². The molecular formula is C16H25NO3. The third-order valence-corrected chi connectivity index (χ3v) is 3.23. The molecule has 20 heavy (non-hydrogen) atoms.